The number of piperidine rings is 1. The summed E-state index contributed by atoms with van der Waals surface area (Å²) in [7, 11) is 0. The number of carbonyl (C=O) groups is 1. The SMILES string of the molecule is Cc1cc(C(=O)N2CCCC(C3=CC(C(F)F)Nc4ncnn43)C2)cc(OC(F)F)n1. The second-order valence-electron chi connectivity index (χ2n) is 7.40. The van der Waals surface area contributed by atoms with Gasteiger partial charge in [0.05, 0.1) is 0 Å². The highest BCUT2D eigenvalue weighted by Gasteiger charge is 2.34. The van der Waals surface area contributed by atoms with Gasteiger partial charge in [-0.2, -0.15) is 18.9 Å². The number of nitrogens with one attached hydrogen (secondary N) is 1. The largest absolute Gasteiger partial charge is 0.417 e. The van der Waals surface area contributed by atoms with Gasteiger partial charge in [-0.15, -0.1) is 0 Å². The first-order valence-corrected chi connectivity index (χ1v) is 9.71. The third-order valence-electron chi connectivity index (χ3n) is 5.22. The Morgan fingerprint density at radius 1 is 1.29 bits per heavy atom. The van der Waals surface area contributed by atoms with Gasteiger partial charge in [0.15, 0.2) is 0 Å². The molecule has 2 unspecified atom stereocenters. The number of rotatable bonds is 5. The van der Waals surface area contributed by atoms with E-state index in [0.717, 1.165) is 0 Å². The maximum Gasteiger partial charge on any atom is 0.388 e. The molecule has 2 aromatic rings. The first-order chi connectivity index (χ1) is 14.8. The van der Waals surface area contributed by atoms with Crippen molar-refractivity contribution in [3.8, 4) is 5.88 Å². The van der Waals surface area contributed by atoms with Gasteiger partial charge in [0.1, 0.15) is 12.4 Å². The number of hydrogen-bond donors (Lipinski definition) is 1. The highest BCUT2D eigenvalue weighted by molar-refractivity contribution is 5.94. The zero-order chi connectivity index (χ0) is 22.1. The fraction of sp³-hybridized carbons (Fsp3) is 0.474. The van der Waals surface area contributed by atoms with E-state index in [1.54, 1.807) is 11.8 Å². The molecule has 1 amide bonds. The van der Waals surface area contributed by atoms with Gasteiger partial charge in [-0.05, 0) is 31.9 Å². The second-order valence-corrected chi connectivity index (χ2v) is 7.40. The normalized spacial score (nSPS) is 21.0. The molecule has 0 saturated carbocycles. The molecule has 1 fully saturated rings. The van der Waals surface area contributed by atoms with Gasteiger partial charge >= 0.3 is 6.61 Å². The van der Waals surface area contributed by atoms with Gasteiger partial charge in [0, 0.05) is 42.0 Å². The van der Waals surface area contributed by atoms with Crippen LogP contribution in [-0.2, 0) is 0 Å². The van der Waals surface area contributed by atoms with E-state index in [0.29, 0.717) is 30.8 Å². The van der Waals surface area contributed by atoms with Crippen molar-refractivity contribution in [2.24, 2.45) is 5.92 Å². The van der Waals surface area contributed by atoms with Gasteiger partial charge in [-0.25, -0.2) is 18.4 Å². The number of nitrogens with zero attached hydrogens (tertiary/aromatic N) is 5. The van der Waals surface area contributed by atoms with Crippen molar-refractivity contribution < 1.29 is 27.1 Å². The Bertz CT molecular complexity index is 996. The van der Waals surface area contributed by atoms with Crippen molar-refractivity contribution in [1.82, 2.24) is 24.6 Å². The van der Waals surface area contributed by atoms with Crippen LogP contribution in [0.4, 0.5) is 23.5 Å². The number of halogens is 4. The number of amides is 1. The fourth-order valence-corrected chi connectivity index (χ4v) is 3.92. The summed E-state index contributed by atoms with van der Waals surface area (Å²) in [6, 6.07) is 1.47. The minimum absolute atomic E-state index is 0.176. The average Bonchev–Trinajstić information content (AvgIpc) is 3.20. The molecule has 31 heavy (non-hydrogen) atoms. The number of ether oxygens (including phenoxy) is 1. The number of likely N-dealkylation sites (tertiary alicyclic amines) is 1. The summed E-state index contributed by atoms with van der Waals surface area (Å²) >= 11 is 0. The summed E-state index contributed by atoms with van der Waals surface area (Å²) in [6.45, 7) is -0.754. The molecule has 12 heteroatoms. The molecule has 2 atom stereocenters. The molecule has 0 spiro atoms. The lowest BCUT2D eigenvalue weighted by Gasteiger charge is -2.36. The van der Waals surface area contributed by atoms with Crippen molar-refractivity contribution in [2.45, 2.75) is 38.8 Å². The molecule has 4 heterocycles. The molecule has 1 saturated heterocycles. The fourth-order valence-electron chi connectivity index (χ4n) is 3.92. The van der Waals surface area contributed by atoms with E-state index in [2.05, 4.69) is 25.1 Å². The molecule has 0 radical (unpaired) electrons. The van der Waals surface area contributed by atoms with Crippen LogP contribution in [0.3, 0.4) is 0 Å². The number of hydrogen-bond acceptors (Lipinski definition) is 6. The summed E-state index contributed by atoms with van der Waals surface area (Å²) in [5.74, 6) is -0.709. The Balaban J connectivity index is 1.56. The lowest BCUT2D eigenvalue weighted by Crippen LogP contribution is -2.42. The quantitative estimate of drug-likeness (QED) is 0.720. The van der Waals surface area contributed by atoms with E-state index in [1.807, 2.05) is 0 Å². The van der Waals surface area contributed by atoms with Crippen LogP contribution in [0.2, 0.25) is 0 Å². The third kappa shape index (κ3) is 4.47. The number of aryl methyl sites for hydroxylation is 1. The lowest BCUT2D eigenvalue weighted by atomic mass is 9.92. The number of fused-ring (bicyclic) bond motifs is 1. The van der Waals surface area contributed by atoms with Crippen LogP contribution in [0, 0.1) is 12.8 Å². The number of carbonyl (C=O) groups excluding carboxylic acids is 1. The van der Waals surface area contributed by atoms with Crippen LogP contribution in [0.5, 0.6) is 5.88 Å². The molecule has 8 nitrogen and oxygen atoms in total. The van der Waals surface area contributed by atoms with E-state index in [1.165, 1.54) is 29.2 Å². The van der Waals surface area contributed by atoms with Crippen LogP contribution < -0.4 is 10.1 Å². The smallest absolute Gasteiger partial charge is 0.388 e. The standard InChI is InChI=1S/C19H20F4N6O2/c1-10-5-12(6-15(26-10)31-18(22)23)17(30)28-4-2-3-11(8-28)14-7-13(16(20)21)27-19-24-9-25-29(14)19/h5-7,9,11,13,16,18H,2-4,8H2,1H3,(H,24,25,27). The van der Waals surface area contributed by atoms with E-state index >= 15 is 0 Å². The van der Waals surface area contributed by atoms with Gasteiger partial charge in [0.2, 0.25) is 11.8 Å². The number of anilines is 1. The Labute approximate surface area is 174 Å². The molecule has 2 aliphatic rings. The average molecular weight is 440 g/mol. The highest BCUT2D eigenvalue weighted by Crippen LogP contribution is 2.33. The summed E-state index contributed by atoms with van der Waals surface area (Å²) in [4.78, 5) is 22.5. The Morgan fingerprint density at radius 2 is 2.10 bits per heavy atom. The molecule has 1 N–H and O–H groups in total. The number of aromatic nitrogens is 4. The predicted molar refractivity (Wildman–Crippen MR) is 102 cm³/mol. The van der Waals surface area contributed by atoms with Crippen molar-refractivity contribution in [3.63, 3.8) is 0 Å². The van der Waals surface area contributed by atoms with Crippen LogP contribution >= 0.6 is 0 Å². The zero-order valence-electron chi connectivity index (χ0n) is 16.5. The summed E-state index contributed by atoms with van der Waals surface area (Å²) in [5.41, 5.74) is 1.10. The van der Waals surface area contributed by atoms with Crippen molar-refractivity contribution in [2.75, 3.05) is 18.4 Å². The summed E-state index contributed by atoms with van der Waals surface area (Å²) in [6.07, 6.45) is 1.40. The molecule has 4 rings (SSSR count). The van der Waals surface area contributed by atoms with E-state index < -0.39 is 19.1 Å². The first-order valence-electron chi connectivity index (χ1n) is 9.71. The van der Waals surface area contributed by atoms with Crippen LogP contribution in [-0.4, -0.2) is 62.7 Å². The Hall–Kier alpha value is -3.18. The lowest BCUT2D eigenvalue weighted by molar-refractivity contribution is -0.0529. The van der Waals surface area contributed by atoms with E-state index in [-0.39, 0.29) is 35.8 Å². The van der Waals surface area contributed by atoms with E-state index in [4.69, 9.17) is 0 Å². The second kappa shape index (κ2) is 8.52. The van der Waals surface area contributed by atoms with Crippen LogP contribution in [0.1, 0.15) is 28.9 Å². The molecule has 0 bridgehead atoms. The molecular formula is C19H20F4N6O2. The molecule has 166 valence electrons. The van der Waals surface area contributed by atoms with Gasteiger partial charge in [0.25, 0.3) is 12.3 Å². The first kappa shape index (κ1) is 21.1. The molecule has 0 aliphatic carbocycles. The summed E-state index contributed by atoms with van der Waals surface area (Å²) in [5, 5.41) is 6.75. The highest BCUT2D eigenvalue weighted by atomic mass is 19.3. The van der Waals surface area contributed by atoms with Crippen molar-refractivity contribution in [1.29, 1.82) is 0 Å². The Morgan fingerprint density at radius 3 is 2.84 bits per heavy atom. The Kier molecular flexibility index (Phi) is 5.79. The maximum atomic E-state index is 13.4. The monoisotopic (exact) mass is 440 g/mol. The zero-order valence-corrected chi connectivity index (χ0v) is 16.5. The van der Waals surface area contributed by atoms with Gasteiger partial charge in [-0.3, -0.25) is 4.79 Å². The predicted octanol–water partition coefficient (Wildman–Crippen LogP) is 3.04. The van der Waals surface area contributed by atoms with Crippen molar-refractivity contribution >= 4 is 17.6 Å². The molecule has 0 aromatic carbocycles. The van der Waals surface area contributed by atoms with Gasteiger partial charge in [-0.1, -0.05) is 0 Å². The minimum Gasteiger partial charge on any atom is -0.417 e. The summed E-state index contributed by atoms with van der Waals surface area (Å²) < 4.78 is 57.6. The van der Waals surface area contributed by atoms with Gasteiger partial charge < -0.3 is 15.0 Å². The molecule has 2 aliphatic heterocycles. The van der Waals surface area contributed by atoms with E-state index in [9.17, 15) is 22.4 Å². The molecular weight excluding hydrogens is 420 g/mol. The van der Waals surface area contributed by atoms with Crippen LogP contribution in [0.25, 0.3) is 5.70 Å². The number of alkyl halides is 4. The molecule has 2 aromatic heterocycles. The van der Waals surface area contributed by atoms with Crippen molar-refractivity contribution in [3.05, 3.63) is 35.8 Å². The topological polar surface area (TPSA) is 85.2 Å². The maximum absolute atomic E-state index is 13.4. The van der Waals surface area contributed by atoms with Crippen LogP contribution in [0.15, 0.2) is 24.5 Å². The number of pyridine rings is 1. The minimum atomic E-state index is -3.05. The third-order valence-corrected chi connectivity index (χ3v) is 5.22.